The standard InChI is InChI=1S/C16H24N2O/c1-2-13(17)10-12-9-11-5-3-7-18-8-4-6-14(15(11)18)16(12)19/h9,13,19H,2-8,10,17H2,1H3. The molecule has 2 aliphatic heterocycles. The van der Waals surface area contributed by atoms with E-state index in [-0.39, 0.29) is 6.04 Å². The Morgan fingerprint density at radius 2 is 2.05 bits per heavy atom. The molecule has 2 aliphatic rings. The molecule has 0 saturated carbocycles. The molecule has 3 nitrogen and oxygen atoms in total. The quantitative estimate of drug-likeness (QED) is 0.877. The molecule has 0 spiro atoms. The molecule has 0 amide bonds. The minimum absolute atomic E-state index is 0.152. The second-order valence-electron chi connectivity index (χ2n) is 5.94. The monoisotopic (exact) mass is 260 g/mol. The number of anilines is 1. The predicted molar refractivity (Wildman–Crippen MR) is 78.9 cm³/mol. The lowest BCUT2D eigenvalue weighted by atomic mass is 9.87. The first-order chi connectivity index (χ1) is 9.20. The van der Waals surface area contributed by atoms with E-state index < -0.39 is 0 Å². The number of aryl methyl sites for hydroxylation is 1. The van der Waals surface area contributed by atoms with Gasteiger partial charge in [-0.1, -0.05) is 6.92 Å². The lowest BCUT2D eigenvalue weighted by molar-refractivity contribution is 0.451. The van der Waals surface area contributed by atoms with Crippen LogP contribution in [0.1, 0.15) is 42.9 Å². The van der Waals surface area contributed by atoms with Gasteiger partial charge in [-0.15, -0.1) is 0 Å². The van der Waals surface area contributed by atoms with Crippen molar-refractivity contribution in [3.8, 4) is 5.75 Å². The molecule has 1 unspecified atom stereocenters. The Morgan fingerprint density at radius 3 is 2.79 bits per heavy atom. The summed E-state index contributed by atoms with van der Waals surface area (Å²) in [6.07, 6.45) is 6.30. The van der Waals surface area contributed by atoms with Crippen molar-refractivity contribution in [1.82, 2.24) is 0 Å². The molecule has 3 heteroatoms. The predicted octanol–water partition coefficient (Wildman–Crippen LogP) is 2.37. The largest absolute Gasteiger partial charge is 0.507 e. The Labute approximate surface area is 115 Å². The number of benzene rings is 1. The van der Waals surface area contributed by atoms with Crippen LogP contribution >= 0.6 is 0 Å². The number of hydrogen-bond donors (Lipinski definition) is 2. The molecule has 0 saturated heterocycles. The van der Waals surface area contributed by atoms with Crippen LogP contribution in [0.5, 0.6) is 5.75 Å². The van der Waals surface area contributed by atoms with E-state index in [0.717, 1.165) is 50.8 Å². The van der Waals surface area contributed by atoms with Gasteiger partial charge in [-0.25, -0.2) is 0 Å². The van der Waals surface area contributed by atoms with Crippen LogP contribution in [0.15, 0.2) is 6.07 Å². The molecule has 1 aromatic rings. The molecule has 1 atom stereocenters. The van der Waals surface area contributed by atoms with Gasteiger partial charge in [-0.2, -0.15) is 0 Å². The molecule has 104 valence electrons. The van der Waals surface area contributed by atoms with E-state index in [1.165, 1.54) is 23.2 Å². The second-order valence-corrected chi connectivity index (χ2v) is 5.94. The van der Waals surface area contributed by atoms with E-state index in [1.807, 2.05) is 0 Å². The lowest BCUT2D eigenvalue weighted by Crippen LogP contribution is -2.34. The van der Waals surface area contributed by atoms with Crippen molar-refractivity contribution >= 4 is 5.69 Å². The van der Waals surface area contributed by atoms with Crippen LogP contribution in [-0.2, 0) is 19.3 Å². The van der Waals surface area contributed by atoms with Crippen LogP contribution < -0.4 is 10.6 Å². The fraction of sp³-hybridized carbons (Fsp3) is 0.625. The third-order valence-corrected chi connectivity index (χ3v) is 4.58. The van der Waals surface area contributed by atoms with Crippen molar-refractivity contribution in [3.63, 3.8) is 0 Å². The summed E-state index contributed by atoms with van der Waals surface area (Å²) in [4.78, 5) is 2.46. The summed E-state index contributed by atoms with van der Waals surface area (Å²) in [5.41, 5.74) is 11.1. The van der Waals surface area contributed by atoms with Gasteiger partial charge in [-0.3, -0.25) is 0 Å². The highest BCUT2D eigenvalue weighted by Gasteiger charge is 2.27. The van der Waals surface area contributed by atoms with E-state index in [0.29, 0.717) is 5.75 Å². The molecule has 3 N–H and O–H groups in total. The fourth-order valence-corrected chi connectivity index (χ4v) is 3.49. The summed E-state index contributed by atoms with van der Waals surface area (Å²) in [6, 6.07) is 2.36. The number of hydrogen-bond acceptors (Lipinski definition) is 3. The molecule has 19 heavy (non-hydrogen) atoms. The van der Waals surface area contributed by atoms with Crippen molar-refractivity contribution in [2.24, 2.45) is 5.73 Å². The smallest absolute Gasteiger partial charge is 0.124 e. The van der Waals surface area contributed by atoms with Crippen molar-refractivity contribution in [3.05, 3.63) is 22.8 Å². The molecular formula is C16H24N2O. The average molecular weight is 260 g/mol. The van der Waals surface area contributed by atoms with E-state index in [1.54, 1.807) is 0 Å². The average Bonchev–Trinajstić information content (AvgIpc) is 2.44. The van der Waals surface area contributed by atoms with Crippen LogP contribution in [0.3, 0.4) is 0 Å². The number of nitrogens with zero attached hydrogens (tertiary/aromatic N) is 1. The highest BCUT2D eigenvalue weighted by atomic mass is 16.3. The third-order valence-electron chi connectivity index (χ3n) is 4.58. The van der Waals surface area contributed by atoms with Crippen molar-refractivity contribution in [1.29, 1.82) is 0 Å². The van der Waals surface area contributed by atoms with Crippen molar-refractivity contribution in [2.45, 2.75) is 51.5 Å². The molecular weight excluding hydrogens is 236 g/mol. The summed E-state index contributed by atoms with van der Waals surface area (Å²) in [5.74, 6) is 0.522. The normalized spacial score (nSPS) is 19.2. The van der Waals surface area contributed by atoms with E-state index in [2.05, 4.69) is 17.9 Å². The summed E-state index contributed by atoms with van der Waals surface area (Å²) in [7, 11) is 0. The van der Waals surface area contributed by atoms with Gasteiger partial charge >= 0.3 is 0 Å². The van der Waals surface area contributed by atoms with Crippen LogP contribution in [0, 0.1) is 0 Å². The first-order valence-corrected chi connectivity index (χ1v) is 7.57. The molecule has 1 aromatic carbocycles. The number of phenolic OH excluding ortho intramolecular Hbond substituents is 1. The van der Waals surface area contributed by atoms with Gasteiger partial charge in [0.25, 0.3) is 0 Å². The van der Waals surface area contributed by atoms with E-state index in [4.69, 9.17) is 5.73 Å². The van der Waals surface area contributed by atoms with Crippen LogP contribution in [-0.4, -0.2) is 24.2 Å². The minimum atomic E-state index is 0.152. The maximum absolute atomic E-state index is 10.6. The Balaban J connectivity index is 2.04. The zero-order chi connectivity index (χ0) is 13.4. The van der Waals surface area contributed by atoms with Crippen LogP contribution in [0.4, 0.5) is 5.69 Å². The molecule has 0 bridgehead atoms. The number of phenols is 1. The van der Waals surface area contributed by atoms with Gasteiger partial charge in [0.1, 0.15) is 5.75 Å². The fourth-order valence-electron chi connectivity index (χ4n) is 3.49. The Morgan fingerprint density at radius 1 is 1.32 bits per heavy atom. The zero-order valence-electron chi connectivity index (χ0n) is 11.8. The Bertz CT molecular complexity index is 482. The molecule has 2 heterocycles. The van der Waals surface area contributed by atoms with E-state index >= 15 is 0 Å². The Kier molecular flexibility index (Phi) is 3.40. The molecule has 0 radical (unpaired) electrons. The lowest BCUT2D eigenvalue weighted by Gasteiger charge is -2.37. The van der Waals surface area contributed by atoms with Crippen molar-refractivity contribution < 1.29 is 5.11 Å². The van der Waals surface area contributed by atoms with Crippen LogP contribution in [0.2, 0.25) is 0 Å². The molecule has 0 aliphatic carbocycles. The molecule has 0 fully saturated rings. The van der Waals surface area contributed by atoms with Gasteiger partial charge < -0.3 is 15.7 Å². The SMILES string of the molecule is CCC(N)Cc1cc2c3c(c1O)CCCN3CCC2. The van der Waals surface area contributed by atoms with Gasteiger partial charge in [0.05, 0.1) is 0 Å². The summed E-state index contributed by atoms with van der Waals surface area (Å²) < 4.78 is 0. The first kappa shape index (κ1) is 12.8. The zero-order valence-corrected chi connectivity index (χ0v) is 11.8. The van der Waals surface area contributed by atoms with Gasteiger partial charge in [-0.05, 0) is 55.7 Å². The third kappa shape index (κ3) is 2.20. The van der Waals surface area contributed by atoms with Gasteiger partial charge in [0, 0.05) is 30.4 Å². The summed E-state index contributed by atoms with van der Waals surface area (Å²) >= 11 is 0. The number of nitrogens with two attached hydrogens (primary N) is 1. The highest BCUT2D eigenvalue weighted by molar-refractivity contribution is 5.69. The maximum Gasteiger partial charge on any atom is 0.124 e. The van der Waals surface area contributed by atoms with E-state index in [9.17, 15) is 5.11 Å². The second kappa shape index (κ2) is 5.04. The number of rotatable bonds is 3. The van der Waals surface area contributed by atoms with Gasteiger partial charge in [0.15, 0.2) is 0 Å². The van der Waals surface area contributed by atoms with Crippen molar-refractivity contribution in [2.75, 3.05) is 18.0 Å². The maximum atomic E-state index is 10.6. The molecule has 0 aromatic heterocycles. The minimum Gasteiger partial charge on any atom is -0.507 e. The Hall–Kier alpha value is -1.22. The van der Waals surface area contributed by atoms with Crippen LogP contribution in [0.25, 0.3) is 0 Å². The van der Waals surface area contributed by atoms with Gasteiger partial charge in [0.2, 0.25) is 0 Å². The summed E-state index contributed by atoms with van der Waals surface area (Å²) in [5, 5.41) is 10.6. The summed E-state index contributed by atoms with van der Waals surface area (Å²) in [6.45, 7) is 4.40. The molecule has 3 rings (SSSR count). The number of aromatic hydroxyl groups is 1. The highest BCUT2D eigenvalue weighted by Crippen LogP contribution is 2.42. The topological polar surface area (TPSA) is 49.5 Å². The first-order valence-electron chi connectivity index (χ1n) is 7.57.